The van der Waals surface area contributed by atoms with Crippen molar-refractivity contribution < 1.29 is 9.18 Å². The molecular weight excluding hydrogens is 243 g/mol. The molecule has 2 N–H and O–H groups in total. The van der Waals surface area contributed by atoms with E-state index in [0.717, 1.165) is 25.7 Å². The number of nitrogens with zero attached hydrogens (tertiary/aromatic N) is 1. The fourth-order valence-electron chi connectivity index (χ4n) is 2.83. The van der Waals surface area contributed by atoms with Crippen LogP contribution in [0.25, 0.3) is 0 Å². The molecule has 2 atom stereocenters. The normalized spacial score (nSPS) is 23.2. The van der Waals surface area contributed by atoms with Gasteiger partial charge in [0.2, 0.25) is 0 Å². The van der Waals surface area contributed by atoms with Gasteiger partial charge in [-0.05, 0) is 43.5 Å². The second-order valence-electron chi connectivity index (χ2n) is 5.39. The van der Waals surface area contributed by atoms with E-state index in [1.54, 1.807) is 24.9 Å². The van der Waals surface area contributed by atoms with Crippen LogP contribution >= 0.6 is 0 Å². The molecule has 0 aromatic heterocycles. The molecule has 1 aliphatic carbocycles. The number of amides is 1. The fraction of sp³-hybridized carbons (Fsp3) is 0.533. The Labute approximate surface area is 113 Å². The van der Waals surface area contributed by atoms with Gasteiger partial charge in [0.15, 0.2) is 0 Å². The maximum Gasteiger partial charge on any atom is 0.254 e. The second kappa shape index (κ2) is 5.70. The third-order valence-electron chi connectivity index (χ3n) is 4.02. The molecule has 0 radical (unpaired) electrons. The minimum atomic E-state index is -0.314. The molecular formula is C15H21FN2O. The molecule has 1 saturated carbocycles. The van der Waals surface area contributed by atoms with Gasteiger partial charge in [0.25, 0.3) is 5.91 Å². The summed E-state index contributed by atoms with van der Waals surface area (Å²) in [5.41, 5.74) is 7.33. The van der Waals surface area contributed by atoms with E-state index in [-0.39, 0.29) is 23.8 Å². The predicted octanol–water partition coefficient (Wildman–Crippen LogP) is 2.48. The van der Waals surface area contributed by atoms with Crippen LogP contribution in [0, 0.1) is 12.7 Å². The molecule has 1 aromatic rings. The standard InChI is InChI=1S/C15H21FN2O/c1-10-9-11(16)7-8-12(10)15(19)18(2)14-6-4-3-5-13(14)17/h7-9,13-14H,3-6,17H2,1-2H3. The van der Waals surface area contributed by atoms with Gasteiger partial charge in [0.05, 0.1) is 0 Å². The third kappa shape index (κ3) is 2.95. The smallest absolute Gasteiger partial charge is 0.254 e. The molecule has 1 aliphatic rings. The van der Waals surface area contributed by atoms with Crippen molar-refractivity contribution in [3.8, 4) is 0 Å². The highest BCUT2D eigenvalue weighted by Crippen LogP contribution is 2.23. The number of carbonyl (C=O) groups is 1. The highest BCUT2D eigenvalue weighted by molar-refractivity contribution is 5.95. The maximum atomic E-state index is 13.1. The van der Waals surface area contributed by atoms with E-state index in [1.165, 1.54) is 12.1 Å². The largest absolute Gasteiger partial charge is 0.337 e. The molecule has 2 unspecified atom stereocenters. The zero-order chi connectivity index (χ0) is 14.0. The molecule has 0 bridgehead atoms. The van der Waals surface area contributed by atoms with Gasteiger partial charge in [-0.3, -0.25) is 4.79 Å². The van der Waals surface area contributed by atoms with E-state index >= 15 is 0 Å². The summed E-state index contributed by atoms with van der Waals surface area (Å²) in [6, 6.07) is 4.41. The fourth-order valence-corrected chi connectivity index (χ4v) is 2.83. The van der Waals surface area contributed by atoms with Crippen LogP contribution in [0.1, 0.15) is 41.6 Å². The van der Waals surface area contributed by atoms with E-state index in [9.17, 15) is 9.18 Å². The van der Waals surface area contributed by atoms with Crippen LogP contribution in [0.15, 0.2) is 18.2 Å². The lowest BCUT2D eigenvalue weighted by atomic mass is 9.89. The Morgan fingerprint density at radius 2 is 2.05 bits per heavy atom. The monoisotopic (exact) mass is 264 g/mol. The molecule has 1 amide bonds. The summed E-state index contributed by atoms with van der Waals surface area (Å²) >= 11 is 0. The van der Waals surface area contributed by atoms with Gasteiger partial charge in [0, 0.05) is 24.7 Å². The predicted molar refractivity (Wildman–Crippen MR) is 73.5 cm³/mol. The molecule has 0 heterocycles. The topological polar surface area (TPSA) is 46.3 Å². The number of hydrogen-bond donors (Lipinski definition) is 1. The van der Waals surface area contributed by atoms with Crippen LogP contribution in [0.3, 0.4) is 0 Å². The number of likely N-dealkylation sites (N-methyl/N-ethyl adjacent to an activating group) is 1. The Kier molecular flexibility index (Phi) is 4.20. The number of benzene rings is 1. The second-order valence-corrected chi connectivity index (χ2v) is 5.39. The number of carbonyl (C=O) groups excluding carboxylic acids is 1. The molecule has 0 spiro atoms. The molecule has 3 nitrogen and oxygen atoms in total. The van der Waals surface area contributed by atoms with Crippen LogP contribution in [-0.4, -0.2) is 29.9 Å². The number of nitrogens with two attached hydrogens (primary N) is 1. The average Bonchev–Trinajstić information content (AvgIpc) is 2.38. The molecule has 0 saturated heterocycles. The molecule has 2 rings (SSSR count). The van der Waals surface area contributed by atoms with Gasteiger partial charge in [-0.1, -0.05) is 12.8 Å². The van der Waals surface area contributed by atoms with Crippen molar-refractivity contribution in [2.24, 2.45) is 5.73 Å². The van der Waals surface area contributed by atoms with E-state index in [4.69, 9.17) is 5.73 Å². The Hall–Kier alpha value is -1.42. The molecule has 19 heavy (non-hydrogen) atoms. The molecule has 1 aromatic carbocycles. The van der Waals surface area contributed by atoms with Gasteiger partial charge >= 0.3 is 0 Å². The summed E-state index contributed by atoms with van der Waals surface area (Å²) in [6.07, 6.45) is 4.15. The lowest BCUT2D eigenvalue weighted by Crippen LogP contribution is -2.50. The Balaban J connectivity index is 2.18. The highest BCUT2D eigenvalue weighted by atomic mass is 19.1. The van der Waals surface area contributed by atoms with Crippen LogP contribution in [0.5, 0.6) is 0 Å². The molecule has 0 aliphatic heterocycles. The van der Waals surface area contributed by atoms with E-state index in [0.29, 0.717) is 11.1 Å². The lowest BCUT2D eigenvalue weighted by molar-refractivity contribution is 0.0671. The number of halogens is 1. The molecule has 1 fully saturated rings. The number of hydrogen-bond acceptors (Lipinski definition) is 2. The first kappa shape index (κ1) is 14.0. The molecule has 104 valence electrons. The highest BCUT2D eigenvalue weighted by Gasteiger charge is 2.29. The van der Waals surface area contributed by atoms with E-state index in [1.807, 2.05) is 0 Å². The Bertz CT molecular complexity index is 475. The number of rotatable bonds is 2. The Morgan fingerprint density at radius 1 is 1.37 bits per heavy atom. The van der Waals surface area contributed by atoms with Gasteiger partial charge in [0.1, 0.15) is 5.82 Å². The van der Waals surface area contributed by atoms with Crippen molar-refractivity contribution in [2.75, 3.05) is 7.05 Å². The van der Waals surface area contributed by atoms with Crippen LogP contribution < -0.4 is 5.73 Å². The first-order valence-corrected chi connectivity index (χ1v) is 6.79. The molecule has 4 heteroatoms. The quantitative estimate of drug-likeness (QED) is 0.892. The minimum Gasteiger partial charge on any atom is -0.337 e. The van der Waals surface area contributed by atoms with Crippen molar-refractivity contribution in [3.63, 3.8) is 0 Å². The third-order valence-corrected chi connectivity index (χ3v) is 4.02. The minimum absolute atomic E-state index is 0.0449. The summed E-state index contributed by atoms with van der Waals surface area (Å²) < 4.78 is 13.1. The van der Waals surface area contributed by atoms with Crippen molar-refractivity contribution in [3.05, 3.63) is 35.1 Å². The summed E-state index contributed by atoms with van der Waals surface area (Å²) in [7, 11) is 1.79. The van der Waals surface area contributed by atoms with Crippen molar-refractivity contribution in [1.82, 2.24) is 4.90 Å². The van der Waals surface area contributed by atoms with Gasteiger partial charge < -0.3 is 10.6 Å². The SMILES string of the molecule is Cc1cc(F)ccc1C(=O)N(C)C1CCCCC1N. The Morgan fingerprint density at radius 3 is 2.68 bits per heavy atom. The zero-order valence-electron chi connectivity index (χ0n) is 11.5. The zero-order valence-corrected chi connectivity index (χ0v) is 11.5. The van der Waals surface area contributed by atoms with Crippen LogP contribution in [-0.2, 0) is 0 Å². The van der Waals surface area contributed by atoms with Gasteiger partial charge in [-0.2, -0.15) is 0 Å². The van der Waals surface area contributed by atoms with Crippen LogP contribution in [0.4, 0.5) is 4.39 Å². The van der Waals surface area contributed by atoms with Crippen molar-refractivity contribution in [1.29, 1.82) is 0 Å². The first-order chi connectivity index (χ1) is 9.00. The average molecular weight is 264 g/mol. The van der Waals surface area contributed by atoms with Gasteiger partial charge in [-0.15, -0.1) is 0 Å². The van der Waals surface area contributed by atoms with E-state index < -0.39 is 0 Å². The summed E-state index contributed by atoms with van der Waals surface area (Å²) in [6.45, 7) is 1.75. The van der Waals surface area contributed by atoms with Crippen LogP contribution in [0.2, 0.25) is 0 Å². The van der Waals surface area contributed by atoms with E-state index in [2.05, 4.69) is 0 Å². The van der Waals surface area contributed by atoms with Gasteiger partial charge in [-0.25, -0.2) is 4.39 Å². The lowest BCUT2D eigenvalue weighted by Gasteiger charge is -2.36. The summed E-state index contributed by atoms with van der Waals surface area (Å²) in [4.78, 5) is 14.2. The summed E-state index contributed by atoms with van der Waals surface area (Å²) in [5.74, 6) is -0.383. The number of aryl methyl sites for hydroxylation is 1. The van der Waals surface area contributed by atoms with Crippen molar-refractivity contribution >= 4 is 5.91 Å². The maximum absolute atomic E-state index is 13.1. The summed E-state index contributed by atoms with van der Waals surface area (Å²) in [5, 5.41) is 0. The first-order valence-electron chi connectivity index (χ1n) is 6.79. The van der Waals surface area contributed by atoms with Crippen molar-refractivity contribution in [2.45, 2.75) is 44.7 Å².